The van der Waals surface area contributed by atoms with Gasteiger partial charge in [-0.15, -0.1) is 0 Å². The molecule has 0 unspecified atom stereocenters. The quantitative estimate of drug-likeness (QED) is 0.713. The molecule has 2 atom stereocenters. The molecule has 0 radical (unpaired) electrons. The molecule has 4 heterocycles. The molecule has 136 valence electrons. The van der Waals surface area contributed by atoms with Crippen LogP contribution in [0.1, 0.15) is 42.8 Å². The third-order valence-electron chi connectivity index (χ3n) is 4.97. The van der Waals surface area contributed by atoms with Crippen LogP contribution in [0.15, 0.2) is 31.0 Å². The van der Waals surface area contributed by atoms with E-state index in [1.165, 1.54) is 18.7 Å². The minimum absolute atomic E-state index is 0.0651. The second kappa shape index (κ2) is 6.99. The van der Waals surface area contributed by atoms with Crippen LogP contribution in [0.2, 0.25) is 0 Å². The molecule has 0 aromatic carbocycles. The van der Waals surface area contributed by atoms with E-state index in [9.17, 15) is 8.78 Å². The molecule has 7 nitrogen and oxygen atoms in total. The van der Waals surface area contributed by atoms with Gasteiger partial charge < -0.3 is 0 Å². The normalized spacial score (nSPS) is 21.5. The number of halogens is 2. The molecule has 3 aromatic heterocycles. The summed E-state index contributed by atoms with van der Waals surface area (Å²) in [6.45, 7) is 4.54. The first-order valence-corrected chi connectivity index (χ1v) is 8.58. The Kier molecular flexibility index (Phi) is 4.54. The molecule has 0 N–H and O–H groups in total. The lowest BCUT2D eigenvalue weighted by molar-refractivity contribution is 0.143. The highest BCUT2D eigenvalue weighted by Crippen LogP contribution is 2.33. The van der Waals surface area contributed by atoms with E-state index in [2.05, 4.69) is 36.9 Å². The lowest BCUT2D eigenvalue weighted by atomic mass is 9.84. The lowest BCUT2D eigenvalue weighted by Crippen LogP contribution is -2.39. The van der Waals surface area contributed by atoms with Crippen LogP contribution < -0.4 is 0 Å². The summed E-state index contributed by atoms with van der Waals surface area (Å²) < 4.78 is 28.1. The number of piperidine rings is 1. The maximum Gasteiger partial charge on any atom is 0.280 e. The Bertz CT molecular complexity index is 883. The smallest absolute Gasteiger partial charge is 0.280 e. The van der Waals surface area contributed by atoms with Gasteiger partial charge >= 0.3 is 0 Å². The maximum atomic E-state index is 13.3. The lowest BCUT2D eigenvalue weighted by Gasteiger charge is -2.37. The van der Waals surface area contributed by atoms with Gasteiger partial charge in [-0.2, -0.15) is 10.1 Å². The largest absolute Gasteiger partial charge is 0.297 e. The molecule has 1 aliphatic heterocycles. The molecule has 1 aliphatic rings. The molecule has 26 heavy (non-hydrogen) atoms. The van der Waals surface area contributed by atoms with Gasteiger partial charge in [0.15, 0.2) is 0 Å². The zero-order chi connectivity index (χ0) is 18.1. The highest BCUT2D eigenvalue weighted by Gasteiger charge is 2.31. The van der Waals surface area contributed by atoms with E-state index in [1.54, 1.807) is 10.7 Å². The van der Waals surface area contributed by atoms with Crippen molar-refractivity contribution in [3.63, 3.8) is 0 Å². The molecule has 9 heteroatoms. The fourth-order valence-corrected chi connectivity index (χ4v) is 3.54. The van der Waals surface area contributed by atoms with Gasteiger partial charge in [-0.1, -0.05) is 6.92 Å². The van der Waals surface area contributed by atoms with Crippen LogP contribution in [-0.2, 0) is 6.54 Å². The van der Waals surface area contributed by atoms with Crippen molar-refractivity contribution in [2.24, 2.45) is 5.92 Å². The Balaban J connectivity index is 1.65. The highest BCUT2D eigenvalue weighted by atomic mass is 19.3. The second-order valence-electron chi connectivity index (χ2n) is 6.69. The van der Waals surface area contributed by atoms with Crippen LogP contribution >= 0.6 is 0 Å². The summed E-state index contributed by atoms with van der Waals surface area (Å²) in [5.74, 6) is 0.630. The Morgan fingerprint density at radius 1 is 1.27 bits per heavy atom. The van der Waals surface area contributed by atoms with Crippen molar-refractivity contribution in [2.75, 3.05) is 13.1 Å². The van der Waals surface area contributed by atoms with Crippen molar-refractivity contribution in [1.29, 1.82) is 0 Å². The minimum Gasteiger partial charge on any atom is -0.297 e. The fraction of sp³-hybridized carbons (Fsp3) is 0.471. The van der Waals surface area contributed by atoms with E-state index in [1.807, 2.05) is 6.07 Å². The van der Waals surface area contributed by atoms with Crippen molar-refractivity contribution in [3.8, 4) is 0 Å². The van der Waals surface area contributed by atoms with Crippen LogP contribution in [-0.4, -0.2) is 47.5 Å². The summed E-state index contributed by atoms with van der Waals surface area (Å²) >= 11 is 0. The van der Waals surface area contributed by atoms with Gasteiger partial charge in [-0.25, -0.2) is 28.2 Å². The second-order valence-corrected chi connectivity index (χ2v) is 6.69. The first-order chi connectivity index (χ1) is 12.6. The standard InChI is InChI=1S/C17H19F2N7/c1-11-3-5-25(7-12-2-4-20-9-21-12)8-13(11)15-6-14(16(18)19)24-17-22-10-23-26(15)17/h2,4,6,9-11,13,16H,3,5,7-8H2,1H3/t11-,13-/m1/s1. The van der Waals surface area contributed by atoms with Crippen LogP contribution in [0.5, 0.6) is 0 Å². The monoisotopic (exact) mass is 359 g/mol. The Morgan fingerprint density at radius 3 is 2.92 bits per heavy atom. The van der Waals surface area contributed by atoms with E-state index in [0.29, 0.717) is 12.5 Å². The molecule has 0 spiro atoms. The number of alkyl halides is 2. The van der Waals surface area contributed by atoms with Gasteiger partial charge in [0.25, 0.3) is 12.2 Å². The molecule has 1 saturated heterocycles. The van der Waals surface area contributed by atoms with E-state index in [4.69, 9.17) is 0 Å². The summed E-state index contributed by atoms with van der Waals surface area (Å²) in [6, 6.07) is 3.37. The molecule has 0 bridgehead atoms. The van der Waals surface area contributed by atoms with E-state index < -0.39 is 6.43 Å². The minimum atomic E-state index is -2.63. The van der Waals surface area contributed by atoms with Gasteiger partial charge in [0, 0.05) is 25.2 Å². The van der Waals surface area contributed by atoms with Crippen molar-refractivity contribution in [3.05, 3.63) is 48.1 Å². The summed E-state index contributed by atoms with van der Waals surface area (Å²) in [7, 11) is 0. The Hall–Kier alpha value is -2.55. The summed E-state index contributed by atoms with van der Waals surface area (Å²) in [4.78, 5) is 18.4. The van der Waals surface area contributed by atoms with Crippen LogP contribution in [0, 0.1) is 5.92 Å². The molecular formula is C17H19F2N7. The number of hydrogen-bond donors (Lipinski definition) is 0. The summed E-state index contributed by atoms with van der Waals surface area (Å²) in [6.07, 6.45) is 2.96. The van der Waals surface area contributed by atoms with E-state index >= 15 is 0 Å². The average molecular weight is 359 g/mol. The molecule has 1 fully saturated rings. The zero-order valence-corrected chi connectivity index (χ0v) is 14.3. The molecule has 0 saturated carbocycles. The third kappa shape index (κ3) is 3.26. The maximum absolute atomic E-state index is 13.3. The molecule has 4 rings (SSSR count). The number of aromatic nitrogens is 6. The van der Waals surface area contributed by atoms with E-state index in [0.717, 1.165) is 30.9 Å². The topological polar surface area (TPSA) is 72.1 Å². The number of nitrogens with zero attached hydrogens (tertiary/aromatic N) is 7. The molecular weight excluding hydrogens is 340 g/mol. The number of fused-ring (bicyclic) bond motifs is 1. The predicted octanol–water partition coefficient (Wildman–Crippen LogP) is 2.48. The summed E-state index contributed by atoms with van der Waals surface area (Å²) in [5.41, 5.74) is 1.44. The van der Waals surface area contributed by atoms with Crippen molar-refractivity contribution < 1.29 is 8.78 Å². The first-order valence-electron chi connectivity index (χ1n) is 8.58. The van der Waals surface area contributed by atoms with E-state index in [-0.39, 0.29) is 17.4 Å². The zero-order valence-electron chi connectivity index (χ0n) is 14.3. The number of rotatable bonds is 4. The fourth-order valence-electron chi connectivity index (χ4n) is 3.54. The highest BCUT2D eigenvalue weighted by molar-refractivity contribution is 5.33. The average Bonchev–Trinajstić information content (AvgIpc) is 3.12. The number of hydrogen-bond acceptors (Lipinski definition) is 6. The molecule has 3 aromatic rings. The van der Waals surface area contributed by atoms with Crippen molar-refractivity contribution in [2.45, 2.75) is 32.2 Å². The molecule has 0 aliphatic carbocycles. The number of likely N-dealkylation sites (tertiary alicyclic amines) is 1. The predicted molar refractivity (Wildman–Crippen MR) is 89.6 cm³/mol. The van der Waals surface area contributed by atoms with Crippen molar-refractivity contribution in [1.82, 2.24) is 34.4 Å². The van der Waals surface area contributed by atoms with Gasteiger partial charge in [0.2, 0.25) is 0 Å². The SMILES string of the molecule is C[C@@H]1CCN(Cc2ccncn2)C[C@H]1c1cc(C(F)F)nc2ncnn12. The van der Waals surface area contributed by atoms with Gasteiger partial charge in [-0.3, -0.25) is 4.90 Å². The first kappa shape index (κ1) is 16.9. The van der Waals surface area contributed by atoms with Crippen molar-refractivity contribution >= 4 is 5.78 Å². The van der Waals surface area contributed by atoms with Gasteiger partial charge in [0.1, 0.15) is 18.3 Å². The van der Waals surface area contributed by atoms with Crippen LogP contribution in [0.4, 0.5) is 8.78 Å². The third-order valence-corrected chi connectivity index (χ3v) is 4.97. The Morgan fingerprint density at radius 2 is 2.15 bits per heavy atom. The van der Waals surface area contributed by atoms with Crippen LogP contribution in [0.3, 0.4) is 0 Å². The summed E-state index contributed by atoms with van der Waals surface area (Å²) in [5, 5.41) is 4.20. The van der Waals surface area contributed by atoms with Crippen LogP contribution in [0.25, 0.3) is 5.78 Å². The van der Waals surface area contributed by atoms with Gasteiger partial charge in [0.05, 0.1) is 11.4 Å². The molecule has 0 amide bonds. The van der Waals surface area contributed by atoms with Gasteiger partial charge in [-0.05, 0) is 31.0 Å². The Labute approximate surface area is 149 Å².